The van der Waals surface area contributed by atoms with E-state index >= 15 is 0 Å². The first kappa shape index (κ1) is 12.7. The van der Waals surface area contributed by atoms with Gasteiger partial charge >= 0.3 is 0 Å². The summed E-state index contributed by atoms with van der Waals surface area (Å²) >= 11 is 0. The van der Waals surface area contributed by atoms with Crippen LogP contribution in [0.15, 0.2) is 22.7 Å². The minimum absolute atomic E-state index is 0.235. The van der Waals surface area contributed by atoms with Gasteiger partial charge in [-0.15, -0.1) is 0 Å². The van der Waals surface area contributed by atoms with Crippen LogP contribution in [0, 0.1) is 12.7 Å². The van der Waals surface area contributed by atoms with Gasteiger partial charge in [-0.05, 0) is 31.0 Å². The van der Waals surface area contributed by atoms with Crippen molar-refractivity contribution in [1.29, 1.82) is 0 Å². The van der Waals surface area contributed by atoms with E-state index in [1.807, 2.05) is 13.8 Å². The van der Waals surface area contributed by atoms with Crippen molar-refractivity contribution < 1.29 is 8.91 Å². The first-order valence-electron chi connectivity index (χ1n) is 5.97. The molecule has 0 saturated heterocycles. The Balaban J connectivity index is 2.32. The van der Waals surface area contributed by atoms with Crippen LogP contribution < -0.4 is 5.73 Å². The fourth-order valence-electron chi connectivity index (χ4n) is 1.76. The van der Waals surface area contributed by atoms with E-state index < -0.39 is 0 Å². The summed E-state index contributed by atoms with van der Waals surface area (Å²) in [5, 5.41) is 3.85. The largest absolute Gasteiger partial charge is 0.334 e. The fourth-order valence-corrected chi connectivity index (χ4v) is 1.76. The highest BCUT2D eigenvalue weighted by Crippen LogP contribution is 2.24. The molecule has 0 amide bonds. The number of aromatic nitrogens is 2. The highest BCUT2D eigenvalue weighted by Gasteiger charge is 2.16. The standard InChI is InChI=1S/C13H16FN3O/c1-3-4-11(15)12-16-13(18-17-12)10-7-9(14)6-5-8(10)2/h5-7,11H,3-4,15H2,1-2H3. The van der Waals surface area contributed by atoms with E-state index in [9.17, 15) is 4.39 Å². The molecule has 0 bridgehead atoms. The van der Waals surface area contributed by atoms with Crippen LogP contribution in [0.25, 0.3) is 11.5 Å². The Hall–Kier alpha value is -1.75. The molecule has 0 saturated carbocycles. The van der Waals surface area contributed by atoms with E-state index in [0.717, 1.165) is 18.4 Å². The van der Waals surface area contributed by atoms with Gasteiger partial charge in [0.25, 0.3) is 5.89 Å². The van der Waals surface area contributed by atoms with Crippen molar-refractivity contribution in [1.82, 2.24) is 10.1 Å². The average molecular weight is 249 g/mol. The minimum atomic E-state index is -0.326. The molecule has 2 N–H and O–H groups in total. The molecule has 4 nitrogen and oxygen atoms in total. The lowest BCUT2D eigenvalue weighted by Crippen LogP contribution is -2.11. The molecule has 0 aliphatic rings. The maximum absolute atomic E-state index is 13.2. The fraction of sp³-hybridized carbons (Fsp3) is 0.385. The molecule has 1 aromatic heterocycles. The molecule has 18 heavy (non-hydrogen) atoms. The molecule has 1 unspecified atom stereocenters. The monoisotopic (exact) mass is 249 g/mol. The lowest BCUT2D eigenvalue weighted by Gasteiger charge is -2.03. The van der Waals surface area contributed by atoms with E-state index in [0.29, 0.717) is 17.3 Å². The maximum atomic E-state index is 13.2. The minimum Gasteiger partial charge on any atom is -0.334 e. The van der Waals surface area contributed by atoms with Gasteiger partial charge in [0.15, 0.2) is 5.82 Å². The van der Waals surface area contributed by atoms with Crippen molar-refractivity contribution in [2.75, 3.05) is 0 Å². The summed E-state index contributed by atoms with van der Waals surface area (Å²) in [5.74, 6) is 0.456. The number of aryl methyl sites for hydroxylation is 1. The van der Waals surface area contributed by atoms with Crippen molar-refractivity contribution in [3.05, 3.63) is 35.4 Å². The third kappa shape index (κ3) is 2.56. The highest BCUT2D eigenvalue weighted by atomic mass is 19.1. The molecular formula is C13H16FN3O. The first-order valence-corrected chi connectivity index (χ1v) is 5.97. The predicted molar refractivity (Wildman–Crippen MR) is 66.3 cm³/mol. The number of nitrogens with zero attached hydrogens (tertiary/aromatic N) is 2. The van der Waals surface area contributed by atoms with E-state index in [1.54, 1.807) is 6.07 Å². The number of hydrogen-bond donors (Lipinski definition) is 1. The predicted octanol–water partition coefficient (Wildman–Crippen LogP) is 2.98. The molecule has 0 fully saturated rings. The normalized spacial score (nSPS) is 12.7. The molecule has 1 heterocycles. The molecule has 96 valence electrons. The lowest BCUT2D eigenvalue weighted by atomic mass is 10.1. The van der Waals surface area contributed by atoms with Crippen LogP contribution in [-0.2, 0) is 0 Å². The molecule has 0 spiro atoms. The summed E-state index contributed by atoms with van der Waals surface area (Å²) in [6.45, 7) is 3.90. The van der Waals surface area contributed by atoms with Gasteiger partial charge in [0.05, 0.1) is 6.04 Å². The van der Waals surface area contributed by atoms with Gasteiger partial charge in [0, 0.05) is 5.56 Å². The van der Waals surface area contributed by atoms with Crippen LogP contribution in [0.3, 0.4) is 0 Å². The number of halogens is 1. The molecule has 0 aliphatic carbocycles. The van der Waals surface area contributed by atoms with Gasteiger partial charge in [-0.3, -0.25) is 0 Å². The smallest absolute Gasteiger partial charge is 0.258 e. The molecular weight excluding hydrogens is 233 g/mol. The molecule has 0 aliphatic heterocycles. The Morgan fingerprint density at radius 3 is 2.94 bits per heavy atom. The summed E-state index contributed by atoms with van der Waals surface area (Å²) in [6, 6.07) is 4.23. The summed E-state index contributed by atoms with van der Waals surface area (Å²) in [5.41, 5.74) is 7.40. The Kier molecular flexibility index (Phi) is 3.72. The topological polar surface area (TPSA) is 64.9 Å². The maximum Gasteiger partial charge on any atom is 0.258 e. The Morgan fingerprint density at radius 2 is 2.22 bits per heavy atom. The number of benzene rings is 1. The molecule has 2 rings (SSSR count). The second kappa shape index (κ2) is 5.27. The van der Waals surface area contributed by atoms with E-state index in [-0.39, 0.29) is 11.9 Å². The second-order valence-corrected chi connectivity index (χ2v) is 4.31. The van der Waals surface area contributed by atoms with Crippen molar-refractivity contribution in [2.24, 2.45) is 5.73 Å². The van der Waals surface area contributed by atoms with Crippen LogP contribution in [0.5, 0.6) is 0 Å². The summed E-state index contributed by atoms with van der Waals surface area (Å²) in [6.07, 6.45) is 1.74. The van der Waals surface area contributed by atoms with Crippen LogP contribution in [-0.4, -0.2) is 10.1 Å². The summed E-state index contributed by atoms with van der Waals surface area (Å²) in [4.78, 5) is 4.23. The molecule has 1 aromatic carbocycles. The Morgan fingerprint density at radius 1 is 1.44 bits per heavy atom. The van der Waals surface area contributed by atoms with E-state index in [2.05, 4.69) is 10.1 Å². The number of hydrogen-bond acceptors (Lipinski definition) is 4. The van der Waals surface area contributed by atoms with Crippen molar-refractivity contribution >= 4 is 0 Å². The van der Waals surface area contributed by atoms with Gasteiger partial charge < -0.3 is 10.3 Å². The lowest BCUT2D eigenvalue weighted by molar-refractivity contribution is 0.413. The zero-order chi connectivity index (χ0) is 13.1. The van der Waals surface area contributed by atoms with Crippen LogP contribution in [0.4, 0.5) is 4.39 Å². The van der Waals surface area contributed by atoms with Crippen molar-refractivity contribution in [2.45, 2.75) is 32.7 Å². The molecule has 1 atom stereocenters. The van der Waals surface area contributed by atoms with Gasteiger partial charge in [-0.1, -0.05) is 24.6 Å². The zero-order valence-corrected chi connectivity index (χ0v) is 10.5. The van der Waals surface area contributed by atoms with Crippen LogP contribution in [0.1, 0.15) is 37.2 Å². The highest BCUT2D eigenvalue weighted by molar-refractivity contribution is 5.58. The van der Waals surface area contributed by atoms with E-state index in [4.69, 9.17) is 10.3 Å². The van der Waals surface area contributed by atoms with E-state index in [1.165, 1.54) is 12.1 Å². The quantitative estimate of drug-likeness (QED) is 0.904. The molecule has 5 heteroatoms. The van der Waals surface area contributed by atoms with Crippen molar-refractivity contribution in [3.63, 3.8) is 0 Å². The zero-order valence-electron chi connectivity index (χ0n) is 10.5. The van der Waals surface area contributed by atoms with Gasteiger partial charge in [-0.25, -0.2) is 4.39 Å². The van der Waals surface area contributed by atoms with Gasteiger partial charge in [-0.2, -0.15) is 4.98 Å². The Bertz CT molecular complexity index is 539. The molecule has 0 radical (unpaired) electrons. The second-order valence-electron chi connectivity index (χ2n) is 4.31. The van der Waals surface area contributed by atoms with Gasteiger partial charge in [0.2, 0.25) is 0 Å². The summed E-state index contributed by atoms with van der Waals surface area (Å²) < 4.78 is 18.4. The average Bonchev–Trinajstić information content (AvgIpc) is 2.82. The summed E-state index contributed by atoms with van der Waals surface area (Å²) in [7, 11) is 0. The number of nitrogens with two attached hydrogens (primary N) is 1. The first-order chi connectivity index (χ1) is 8.61. The molecule has 2 aromatic rings. The number of rotatable bonds is 4. The third-order valence-corrected chi connectivity index (χ3v) is 2.80. The Labute approximate surface area is 105 Å². The van der Waals surface area contributed by atoms with Gasteiger partial charge in [0.1, 0.15) is 5.82 Å². The van der Waals surface area contributed by atoms with Crippen LogP contribution in [0.2, 0.25) is 0 Å². The third-order valence-electron chi connectivity index (χ3n) is 2.80. The SMILES string of the molecule is CCCC(N)c1noc(-c2cc(F)ccc2C)n1. The van der Waals surface area contributed by atoms with Crippen molar-refractivity contribution in [3.8, 4) is 11.5 Å². The van der Waals surface area contributed by atoms with Crippen LogP contribution >= 0.6 is 0 Å².